The van der Waals surface area contributed by atoms with Crippen LogP contribution >= 0.6 is 0 Å². The van der Waals surface area contributed by atoms with Crippen LogP contribution in [0.15, 0.2) is 36.4 Å². The minimum absolute atomic E-state index is 0.0233. The molecule has 0 spiro atoms. The van der Waals surface area contributed by atoms with Gasteiger partial charge in [0.05, 0.1) is 5.56 Å². The maximum atomic E-state index is 13.1. The van der Waals surface area contributed by atoms with Crippen molar-refractivity contribution >= 4 is 5.78 Å². The molecular formula is C24H28O3. The van der Waals surface area contributed by atoms with Crippen molar-refractivity contribution in [2.75, 3.05) is 0 Å². The Morgan fingerprint density at radius 2 is 1.70 bits per heavy atom. The summed E-state index contributed by atoms with van der Waals surface area (Å²) >= 11 is 0. The fourth-order valence-electron chi connectivity index (χ4n) is 4.56. The highest BCUT2D eigenvalue weighted by molar-refractivity contribution is 6.00. The molecule has 1 atom stereocenters. The van der Waals surface area contributed by atoms with Gasteiger partial charge in [-0.2, -0.15) is 0 Å². The molecule has 0 aromatic heterocycles. The van der Waals surface area contributed by atoms with Crippen molar-refractivity contribution in [2.45, 2.75) is 63.7 Å². The quantitative estimate of drug-likeness (QED) is 0.634. The van der Waals surface area contributed by atoms with E-state index in [4.69, 9.17) is 0 Å². The van der Waals surface area contributed by atoms with Crippen molar-refractivity contribution < 1.29 is 15.0 Å². The lowest BCUT2D eigenvalue weighted by molar-refractivity contribution is 0.0947. The molecule has 142 valence electrons. The highest BCUT2D eigenvalue weighted by atomic mass is 16.3. The maximum absolute atomic E-state index is 13.1. The van der Waals surface area contributed by atoms with Crippen molar-refractivity contribution in [1.29, 1.82) is 0 Å². The van der Waals surface area contributed by atoms with E-state index in [0.717, 1.165) is 24.0 Å². The smallest absolute Gasteiger partial charge is 0.167 e. The zero-order valence-electron chi connectivity index (χ0n) is 15.9. The number of Topliss-reactive ketones (excluding diaryl/α,β-unsaturated/α-hetero) is 1. The van der Waals surface area contributed by atoms with Gasteiger partial charge >= 0.3 is 0 Å². The normalized spacial score (nSPS) is 18.6. The Kier molecular flexibility index (Phi) is 4.94. The third-order valence-corrected chi connectivity index (χ3v) is 6.64. The number of rotatable bonds is 6. The average molecular weight is 364 g/mol. The Bertz CT molecular complexity index is 806. The number of aromatic hydroxyl groups is 2. The van der Waals surface area contributed by atoms with Crippen LogP contribution in [0.4, 0.5) is 0 Å². The molecule has 2 aliphatic rings. The second-order valence-electron chi connectivity index (χ2n) is 8.38. The van der Waals surface area contributed by atoms with Gasteiger partial charge in [-0.3, -0.25) is 4.79 Å². The van der Waals surface area contributed by atoms with Crippen LogP contribution in [0.5, 0.6) is 11.5 Å². The first-order chi connectivity index (χ1) is 13.0. The Balaban J connectivity index is 1.58. The summed E-state index contributed by atoms with van der Waals surface area (Å²) in [5.41, 5.74) is 3.65. The predicted molar refractivity (Wildman–Crippen MR) is 107 cm³/mol. The van der Waals surface area contributed by atoms with Gasteiger partial charge in [-0.05, 0) is 85.3 Å². The Morgan fingerprint density at radius 1 is 1.04 bits per heavy atom. The van der Waals surface area contributed by atoms with Gasteiger partial charge in [0.25, 0.3) is 0 Å². The summed E-state index contributed by atoms with van der Waals surface area (Å²) in [6.45, 7) is 1.94. The van der Waals surface area contributed by atoms with Crippen molar-refractivity contribution in [1.82, 2.24) is 0 Å². The Morgan fingerprint density at radius 3 is 2.22 bits per heavy atom. The van der Waals surface area contributed by atoms with Crippen LogP contribution < -0.4 is 0 Å². The van der Waals surface area contributed by atoms with Crippen LogP contribution in [-0.2, 0) is 0 Å². The van der Waals surface area contributed by atoms with Crippen LogP contribution in [-0.4, -0.2) is 16.0 Å². The molecule has 0 heterocycles. The summed E-state index contributed by atoms with van der Waals surface area (Å²) < 4.78 is 0. The summed E-state index contributed by atoms with van der Waals surface area (Å²) in [4.78, 5) is 13.1. The fraction of sp³-hybridized carbons (Fsp3) is 0.458. The molecule has 27 heavy (non-hydrogen) atoms. The number of carbonyl (C=O) groups excluding carboxylic acids is 1. The number of ketones is 1. The summed E-state index contributed by atoms with van der Waals surface area (Å²) in [6, 6.07) is 11.2. The monoisotopic (exact) mass is 364 g/mol. The van der Waals surface area contributed by atoms with E-state index in [9.17, 15) is 15.0 Å². The first-order valence-electron chi connectivity index (χ1n) is 10.2. The molecule has 2 saturated carbocycles. The lowest BCUT2D eigenvalue weighted by Crippen LogP contribution is -2.23. The van der Waals surface area contributed by atoms with Gasteiger partial charge in [-0.25, -0.2) is 0 Å². The van der Waals surface area contributed by atoms with Crippen LogP contribution in [0.1, 0.15) is 83.8 Å². The fourth-order valence-corrected chi connectivity index (χ4v) is 4.56. The third-order valence-electron chi connectivity index (χ3n) is 6.64. The molecule has 3 nitrogen and oxygen atoms in total. The van der Waals surface area contributed by atoms with Crippen LogP contribution in [0, 0.1) is 12.8 Å². The predicted octanol–water partition coefficient (Wildman–Crippen LogP) is 5.83. The first kappa shape index (κ1) is 18.1. The average Bonchev–Trinajstić information content (AvgIpc) is 2.51. The molecule has 2 aliphatic carbocycles. The number of carbonyl (C=O) groups is 1. The van der Waals surface area contributed by atoms with E-state index < -0.39 is 0 Å². The van der Waals surface area contributed by atoms with Gasteiger partial charge in [-0.15, -0.1) is 0 Å². The van der Waals surface area contributed by atoms with E-state index in [1.807, 2.05) is 25.1 Å². The molecule has 2 aromatic carbocycles. The summed E-state index contributed by atoms with van der Waals surface area (Å²) in [6.07, 6.45) is 7.52. The molecule has 1 unspecified atom stereocenters. The second kappa shape index (κ2) is 7.38. The number of hydrogen-bond donors (Lipinski definition) is 2. The lowest BCUT2D eigenvalue weighted by Gasteiger charge is -2.34. The van der Waals surface area contributed by atoms with E-state index in [0.29, 0.717) is 23.8 Å². The topological polar surface area (TPSA) is 57.5 Å². The molecule has 0 saturated heterocycles. The highest BCUT2D eigenvalue weighted by Crippen LogP contribution is 2.43. The highest BCUT2D eigenvalue weighted by Gasteiger charge is 2.32. The molecule has 0 amide bonds. The SMILES string of the molecule is Cc1cc(C2CCC2)cc(O)c1C(=O)CC(c1ccc(O)cc1)C1CCC1. The lowest BCUT2D eigenvalue weighted by atomic mass is 9.70. The van der Waals surface area contributed by atoms with Gasteiger partial charge in [0, 0.05) is 6.42 Å². The van der Waals surface area contributed by atoms with E-state index in [2.05, 4.69) is 6.07 Å². The van der Waals surface area contributed by atoms with E-state index in [1.165, 1.54) is 31.2 Å². The Labute approximate surface area is 161 Å². The summed E-state index contributed by atoms with van der Waals surface area (Å²) in [5.74, 6) is 1.61. The first-order valence-corrected chi connectivity index (χ1v) is 10.2. The molecule has 3 heteroatoms. The molecule has 0 bridgehead atoms. The van der Waals surface area contributed by atoms with Crippen LogP contribution in [0.2, 0.25) is 0 Å². The van der Waals surface area contributed by atoms with Crippen molar-refractivity contribution in [3.8, 4) is 11.5 Å². The van der Waals surface area contributed by atoms with Gasteiger partial charge < -0.3 is 10.2 Å². The summed E-state index contributed by atoms with van der Waals surface area (Å²) in [5, 5.41) is 20.2. The van der Waals surface area contributed by atoms with Crippen molar-refractivity contribution in [3.05, 3.63) is 58.7 Å². The number of phenolic OH excluding ortho intramolecular Hbond substituents is 2. The minimum Gasteiger partial charge on any atom is -0.508 e. The van der Waals surface area contributed by atoms with Gasteiger partial charge in [0.15, 0.2) is 5.78 Å². The standard InChI is InChI=1S/C24H28O3/c1-15-12-19(16-4-2-5-16)13-22(26)24(15)23(27)14-21(17-6-3-7-17)18-8-10-20(25)11-9-18/h8-13,16-17,21,25-26H,2-7,14H2,1H3. The number of phenols is 2. The third kappa shape index (κ3) is 3.60. The van der Waals surface area contributed by atoms with E-state index in [1.54, 1.807) is 12.1 Å². The second-order valence-corrected chi connectivity index (χ2v) is 8.38. The van der Waals surface area contributed by atoms with Gasteiger partial charge in [0.2, 0.25) is 0 Å². The largest absolute Gasteiger partial charge is 0.508 e. The number of hydrogen-bond acceptors (Lipinski definition) is 3. The molecule has 0 aliphatic heterocycles. The molecule has 2 fully saturated rings. The molecular weight excluding hydrogens is 336 g/mol. The van der Waals surface area contributed by atoms with Crippen molar-refractivity contribution in [2.24, 2.45) is 5.92 Å². The van der Waals surface area contributed by atoms with Crippen LogP contribution in [0.25, 0.3) is 0 Å². The van der Waals surface area contributed by atoms with Gasteiger partial charge in [-0.1, -0.05) is 31.0 Å². The molecule has 0 radical (unpaired) electrons. The van der Waals surface area contributed by atoms with E-state index >= 15 is 0 Å². The van der Waals surface area contributed by atoms with E-state index in [-0.39, 0.29) is 23.2 Å². The van der Waals surface area contributed by atoms with Crippen LogP contribution in [0.3, 0.4) is 0 Å². The molecule has 2 N–H and O–H groups in total. The van der Waals surface area contributed by atoms with Crippen molar-refractivity contribution in [3.63, 3.8) is 0 Å². The Hall–Kier alpha value is -2.29. The zero-order chi connectivity index (χ0) is 19.0. The molecule has 4 rings (SSSR count). The summed E-state index contributed by atoms with van der Waals surface area (Å²) in [7, 11) is 0. The maximum Gasteiger partial charge on any atom is 0.167 e. The minimum atomic E-state index is 0.0233. The molecule has 2 aromatic rings. The zero-order valence-corrected chi connectivity index (χ0v) is 15.9. The number of benzene rings is 2. The van der Waals surface area contributed by atoms with Gasteiger partial charge in [0.1, 0.15) is 11.5 Å². The number of aryl methyl sites for hydroxylation is 1.